The Hall–Kier alpha value is -2.83. The average molecular weight is 341 g/mol. The Morgan fingerprint density at radius 2 is 1.96 bits per heavy atom. The Balaban J connectivity index is 1.95. The molecule has 1 aromatic heterocycles. The molecule has 7 heteroatoms. The molecule has 132 valence electrons. The van der Waals surface area contributed by atoms with Crippen LogP contribution in [0.1, 0.15) is 35.4 Å². The lowest BCUT2D eigenvalue weighted by Gasteiger charge is -2.29. The maximum absolute atomic E-state index is 11.2. The Kier molecular flexibility index (Phi) is 4.74. The van der Waals surface area contributed by atoms with Gasteiger partial charge in [0.2, 0.25) is 5.76 Å². The van der Waals surface area contributed by atoms with Crippen molar-refractivity contribution in [2.45, 2.75) is 19.3 Å². The molecule has 1 fully saturated rings. The number of amidine groups is 1. The number of amides is 1. The summed E-state index contributed by atoms with van der Waals surface area (Å²) in [6.07, 6.45) is 3.51. The molecule has 3 rings (SSSR count). The Morgan fingerprint density at radius 1 is 1.24 bits per heavy atom. The van der Waals surface area contributed by atoms with Gasteiger partial charge in [0.15, 0.2) is 0 Å². The van der Waals surface area contributed by atoms with Crippen molar-refractivity contribution in [3.63, 3.8) is 0 Å². The zero-order chi connectivity index (χ0) is 18.0. The monoisotopic (exact) mass is 341 g/mol. The first kappa shape index (κ1) is 17.0. The van der Waals surface area contributed by atoms with E-state index in [1.165, 1.54) is 6.42 Å². The van der Waals surface area contributed by atoms with Gasteiger partial charge in [-0.25, -0.2) is 0 Å². The predicted molar refractivity (Wildman–Crippen MR) is 97.0 cm³/mol. The fourth-order valence-corrected chi connectivity index (χ4v) is 3.08. The van der Waals surface area contributed by atoms with E-state index in [1.54, 1.807) is 6.07 Å². The number of aromatic nitrogens is 1. The molecule has 0 radical (unpaired) electrons. The first-order valence-corrected chi connectivity index (χ1v) is 8.39. The quantitative estimate of drug-likeness (QED) is 0.657. The third-order valence-electron chi connectivity index (χ3n) is 4.45. The topological polar surface area (TPSA) is 99.5 Å². The minimum atomic E-state index is -0.645. The highest BCUT2D eigenvalue weighted by molar-refractivity contribution is 5.99. The smallest absolute Gasteiger partial charge is 0.287 e. The van der Waals surface area contributed by atoms with Crippen molar-refractivity contribution >= 4 is 17.4 Å². The molecule has 1 aliphatic rings. The summed E-state index contributed by atoms with van der Waals surface area (Å²) in [5.74, 6) is -0.0641. The molecule has 0 saturated carbocycles. The minimum absolute atomic E-state index is 0.0323. The third-order valence-corrected chi connectivity index (χ3v) is 4.45. The van der Waals surface area contributed by atoms with E-state index in [-0.39, 0.29) is 5.76 Å². The van der Waals surface area contributed by atoms with Crippen LogP contribution in [-0.2, 0) is 0 Å². The van der Waals surface area contributed by atoms with Crippen LogP contribution >= 0.6 is 0 Å². The number of carbonyl (C=O) groups is 1. The number of nitrogens with zero attached hydrogens (tertiary/aromatic N) is 3. The molecule has 2 heterocycles. The highest BCUT2D eigenvalue weighted by Crippen LogP contribution is 2.31. The maximum atomic E-state index is 11.2. The zero-order valence-corrected chi connectivity index (χ0v) is 14.6. The van der Waals surface area contributed by atoms with Gasteiger partial charge >= 0.3 is 0 Å². The highest BCUT2D eigenvalue weighted by Gasteiger charge is 2.19. The van der Waals surface area contributed by atoms with Crippen molar-refractivity contribution in [3.8, 4) is 11.3 Å². The van der Waals surface area contributed by atoms with Gasteiger partial charge in [0.05, 0.1) is 0 Å². The van der Waals surface area contributed by atoms with E-state index >= 15 is 0 Å². The minimum Gasteiger partial charge on any atom is -0.377 e. The highest BCUT2D eigenvalue weighted by atomic mass is 16.5. The van der Waals surface area contributed by atoms with Crippen molar-refractivity contribution in [2.24, 2.45) is 5.73 Å². The molecule has 0 spiro atoms. The number of nitrogens with one attached hydrogen (secondary N) is 1. The van der Waals surface area contributed by atoms with Gasteiger partial charge < -0.3 is 20.1 Å². The van der Waals surface area contributed by atoms with Crippen LogP contribution in [0.25, 0.3) is 11.3 Å². The third kappa shape index (κ3) is 3.50. The van der Waals surface area contributed by atoms with E-state index in [4.69, 9.17) is 15.7 Å². The summed E-state index contributed by atoms with van der Waals surface area (Å²) in [7, 11) is 3.87. The molecule has 1 aliphatic heterocycles. The molecule has 0 unspecified atom stereocenters. The number of nitrogens with two attached hydrogens (primary N) is 1. The van der Waals surface area contributed by atoms with Crippen molar-refractivity contribution < 1.29 is 9.32 Å². The lowest BCUT2D eigenvalue weighted by atomic mass is 10.0. The standard InChI is InChI=1S/C18H23N5O2/c1-22(2)15-10-12(17(19)23-8-4-3-5-9-23)6-7-13(15)14-11-16(18(20)24)25-21-14/h6-7,10-11,19H,3-5,8-9H2,1-2H3,(H2,20,24). The van der Waals surface area contributed by atoms with Crippen LogP contribution in [0.15, 0.2) is 28.8 Å². The van der Waals surface area contributed by atoms with Gasteiger partial charge in [-0.05, 0) is 31.4 Å². The summed E-state index contributed by atoms with van der Waals surface area (Å²) < 4.78 is 4.99. The first-order valence-electron chi connectivity index (χ1n) is 8.39. The lowest BCUT2D eigenvalue weighted by Crippen LogP contribution is -2.35. The number of hydrogen-bond donors (Lipinski definition) is 2. The normalized spacial score (nSPS) is 14.4. The summed E-state index contributed by atoms with van der Waals surface area (Å²) in [6.45, 7) is 1.87. The summed E-state index contributed by atoms with van der Waals surface area (Å²) in [5, 5.41) is 12.5. The van der Waals surface area contributed by atoms with E-state index in [2.05, 4.69) is 10.1 Å². The van der Waals surface area contributed by atoms with Gasteiger partial charge in [-0.15, -0.1) is 0 Å². The summed E-state index contributed by atoms with van der Waals surface area (Å²) in [6, 6.07) is 7.34. The first-order chi connectivity index (χ1) is 12.0. The Morgan fingerprint density at radius 3 is 2.56 bits per heavy atom. The molecular formula is C18H23N5O2. The van der Waals surface area contributed by atoms with Crippen LogP contribution in [0, 0.1) is 5.41 Å². The maximum Gasteiger partial charge on any atom is 0.287 e. The molecule has 7 nitrogen and oxygen atoms in total. The van der Waals surface area contributed by atoms with Gasteiger partial charge in [0.25, 0.3) is 5.91 Å². The van der Waals surface area contributed by atoms with Crippen molar-refractivity contribution in [1.82, 2.24) is 10.1 Å². The van der Waals surface area contributed by atoms with Crippen LogP contribution in [0.4, 0.5) is 5.69 Å². The second-order valence-corrected chi connectivity index (χ2v) is 6.46. The fraction of sp³-hybridized carbons (Fsp3) is 0.389. The van der Waals surface area contributed by atoms with E-state index < -0.39 is 5.91 Å². The van der Waals surface area contributed by atoms with E-state index in [1.807, 2.05) is 37.2 Å². The van der Waals surface area contributed by atoms with E-state index in [0.29, 0.717) is 11.5 Å². The average Bonchev–Trinajstić information content (AvgIpc) is 3.11. The summed E-state index contributed by atoms with van der Waals surface area (Å²) in [5.41, 5.74) is 8.39. The largest absolute Gasteiger partial charge is 0.377 e. The number of likely N-dealkylation sites (tertiary alicyclic amines) is 1. The molecule has 1 saturated heterocycles. The van der Waals surface area contributed by atoms with Gasteiger partial charge in [0, 0.05) is 50.1 Å². The van der Waals surface area contributed by atoms with Crippen LogP contribution < -0.4 is 10.6 Å². The second kappa shape index (κ2) is 6.96. The van der Waals surface area contributed by atoms with Gasteiger partial charge in [0.1, 0.15) is 11.5 Å². The number of primary amides is 1. The number of benzene rings is 1. The molecule has 1 aromatic carbocycles. The van der Waals surface area contributed by atoms with Gasteiger partial charge in [-0.2, -0.15) is 0 Å². The van der Waals surface area contributed by atoms with Crippen molar-refractivity contribution in [1.29, 1.82) is 5.41 Å². The van der Waals surface area contributed by atoms with Crippen LogP contribution in [0.2, 0.25) is 0 Å². The SMILES string of the molecule is CN(C)c1cc(C(=N)N2CCCCC2)ccc1-c1cc(C(N)=O)on1. The Labute approximate surface area is 146 Å². The number of carbonyl (C=O) groups excluding carboxylic acids is 1. The molecule has 0 bridgehead atoms. The van der Waals surface area contributed by atoms with E-state index in [0.717, 1.165) is 42.7 Å². The lowest BCUT2D eigenvalue weighted by molar-refractivity contribution is 0.0965. The molecule has 25 heavy (non-hydrogen) atoms. The predicted octanol–water partition coefficient (Wildman–Crippen LogP) is 2.32. The number of rotatable bonds is 4. The Bertz CT molecular complexity index is 791. The van der Waals surface area contributed by atoms with Gasteiger partial charge in [-0.3, -0.25) is 10.2 Å². The molecule has 3 N–H and O–H groups in total. The molecule has 0 atom stereocenters. The van der Waals surface area contributed by atoms with Crippen molar-refractivity contribution in [3.05, 3.63) is 35.6 Å². The number of anilines is 1. The van der Waals surface area contributed by atoms with Crippen LogP contribution in [0.5, 0.6) is 0 Å². The molecule has 2 aromatic rings. The van der Waals surface area contributed by atoms with Crippen LogP contribution in [-0.4, -0.2) is 49.0 Å². The zero-order valence-electron chi connectivity index (χ0n) is 14.6. The molecule has 0 aliphatic carbocycles. The second-order valence-electron chi connectivity index (χ2n) is 6.46. The van der Waals surface area contributed by atoms with E-state index in [9.17, 15) is 4.79 Å². The summed E-state index contributed by atoms with van der Waals surface area (Å²) in [4.78, 5) is 15.3. The molecule has 1 amide bonds. The molecular weight excluding hydrogens is 318 g/mol. The summed E-state index contributed by atoms with van der Waals surface area (Å²) >= 11 is 0. The number of piperidine rings is 1. The number of hydrogen-bond acceptors (Lipinski definition) is 5. The van der Waals surface area contributed by atoms with Crippen LogP contribution in [0.3, 0.4) is 0 Å². The van der Waals surface area contributed by atoms with Crippen molar-refractivity contribution in [2.75, 3.05) is 32.1 Å². The van der Waals surface area contributed by atoms with Gasteiger partial charge in [-0.1, -0.05) is 11.2 Å². The fourth-order valence-electron chi connectivity index (χ4n) is 3.08.